The highest BCUT2D eigenvalue weighted by Gasteiger charge is 2.16. The summed E-state index contributed by atoms with van der Waals surface area (Å²) in [6.45, 7) is 2.05. The Morgan fingerprint density at radius 1 is 1.17 bits per heavy atom. The monoisotopic (exact) mass is 323 g/mol. The molecule has 0 saturated carbocycles. The van der Waals surface area contributed by atoms with Crippen LogP contribution >= 0.6 is 11.3 Å². The molecule has 3 rings (SSSR count). The van der Waals surface area contributed by atoms with Gasteiger partial charge in [-0.1, -0.05) is 35.9 Å². The van der Waals surface area contributed by atoms with E-state index in [1.165, 1.54) is 11.6 Å². The first-order valence-corrected chi connectivity index (χ1v) is 8.22. The van der Waals surface area contributed by atoms with Crippen LogP contribution in [-0.4, -0.2) is 5.91 Å². The molecule has 3 aromatic rings. The number of hydrogen-bond acceptors (Lipinski definition) is 3. The van der Waals surface area contributed by atoms with Crippen molar-refractivity contribution < 1.29 is 9.21 Å². The smallest absolute Gasteiger partial charge is 0.244 e. The molecule has 4 heteroatoms. The van der Waals surface area contributed by atoms with Crippen LogP contribution in [0.4, 0.5) is 0 Å². The van der Waals surface area contributed by atoms with Gasteiger partial charge in [-0.2, -0.15) is 0 Å². The molecule has 0 fully saturated rings. The molecule has 1 atom stereocenters. The zero-order valence-corrected chi connectivity index (χ0v) is 13.5. The molecule has 3 nitrogen and oxygen atoms in total. The first-order chi connectivity index (χ1) is 11.2. The lowest BCUT2D eigenvalue weighted by molar-refractivity contribution is -0.116. The largest absolute Gasteiger partial charge is 0.465 e. The van der Waals surface area contributed by atoms with Crippen LogP contribution in [0, 0.1) is 6.92 Å². The van der Waals surface area contributed by atoms with Crippen molar-refractivity contribution in [3.05, 3.63) is 88.0 Å². The van der Waals surface area contributed by atoms with Gasteiger partial charge in [0.1, 0.15) is 5.76 Å². The Balaban J connectivity index is 1.79. The van der Waals surface area contributed by atoms with E-state index in [1.54, 1.807) is 35.8 Å². The van der Waals surface area contributed by atoms with E-state index in [1.807, 2.05) is 17.5 Å². The molecule has 2 heterocycles. The van der Waals surface area contributed by atoms with E-state index in [-0.39, 0.29) is 11.9 Å². The predicted octanol–water partition coefficient (Wildman–Crippen LogP) is 4.57. The first-order valence-electron chi connectivity index (χ1n) is 7.34. The summed E-state index contributed by atoms with van der Waals surface area (Å²) >= 11 is 1.63. The molecule has 0 spiro atoms. The van der Waals surface area contributed by atoms with Gasteiger partial charge in [-0.05, 0) is 42.1 Å². The summed E-state index contributed by atoms with van der Waals surface area (Å²) in [5.74, 6) is 0.503. The van der Waals surface area contributed by atoms with Crippen LogP contribution < -0.4 is 5.32 Å². The number of nitrogens with one attached hydrogen (secondary N) is 1. The number of carbonyl (C=O) groups is 1. The SMILES string of the molecule is Cc1ccc([C@@H](NC(=O)/C=C/c2ccco2)c2cccs2)cc1. The molecule has 1 N–H and O–H groups in total. The number of benzene rings is 1. The number of thiophene rings is 1. The highest BCUT2D eigenvalue weighted by Crippen LogP contribution is 2.26. The number of amides is 1. The summed E-state index contributed by atoms with van der Waals surface area (Å²) in [6.07, 6.45) is 4.74. The molecule has 1 amide bonds. The highest BCUT2D eigenvalue weighted by atomic mass is 32.1. The minimum absolute atomic E-state index is 0.149. The molecule has 0 aliphatic carbocycles. The van der Waals surface area contributed by atoms with Crippen molar-refractivity contribution in [1.29, 1.82) is 0 Å². The topological polar surface area (TPSA) is 42.2 Å². The van der Waals surface area contributed by atoms with Gasteiger partial charge in [0.15, 0.2) is 0 Å². The van der Waals surface area contributed by atoms with Gasteiger partial charge >= 0.3 is 0 Å². The van der Waals surface area contributed by atoms with Gasteiger partial charge in [0.25, 0.3) is 0 Å². The summed E-state index contributed by atoms with van der Waals surface area (Å²) in [5, 5.41) is 5.08. The maximum atomic E-state index is 12.2. The van der Waals surface area contributed by atoms with E-state index >= 15 is 0 Å². The van der Waals surface area contributed by atoms with Gasteiger partial charge in [0, 0.05) is 11.0 Å². The van der Waals surface area contributed by atoms with Gasteiger partial charge in [0.2, 0.25) is 5.91 Å². The molecule has 0 unspecified atom stereocenters. The second-order valence-corrected chi connectivity index (χ2v) is 6.20. The number of hydrogen-bond donors (Lipinski definition) is 1. The van der Waals surface area contributed by atoms with Crippen LogP contribution in [0.5, 0.6) is 0 Å². The van der Waals surface area contributed by atoms with Gasteiger partial charge < -0.3 is 9.73 Å². The Kier molecular flexibility index (Phi) is 4.74. The molecule has 116 valence electrons. The Bertz CT molecular complexity index is 771. The maximum absolute atomic E-state index is 12.2. The zero-order chi connectivity index (χ0) is 16.1. The molecule has 0 radical (unpaired) electrons. The van der Waals surface area contributed by atoms with E-state index in [9.17, 15) is 4.79 Å². The Labute approximate surface area is 139 Å². The molecule has 0 bridgehead atoms. The first kappa shape index (κ1) is 15.3. The van der Waals surface area contributed by atoms with E-state index in [4.69, 9.17) is 4.42 Å². The van der Waals surface area contributed by atoms with Gasteiger partial charge in [0.05, 0.1) is 12.3 Å². The minimum Gasteiger partial charge on any atom is -0.465 e. The lowest BCUT2D eigenvalue weighted by atomic mass is 10.0. The van der Waals surface area contributed by atoms with Crippen molar-refractivity contribution in [2.24, 2.45) is 0 Å². The summed E-state index contributed by atoms with van der Waals surface area (Å²) < 4.78 is 5.19. The lowest BCUT2D eigenvalue weighted by Crippen LogP contribution is -2.27. The summed E-state index contributed by atoms with van der Waals surface area (Å²) in [7, 11) is 0. The molecule has 0 aliphatic heterocycles. The third-order valence-electron chi connectivity index (χ3n) is 3.47. The quantitative estimate of drug-likeness (QED) is 0.699. The Morgan fingerprint density at radius 2 is 2.00 bits per heavy atom. The van der Waals surface area contributed by atoms with E-state index in [2.05, 4.69) is 36.5 Å². The second kappa shape index (κ2) is 7.11. The summed E-state index contributed by atoms with van der Waals surface area (Å²) in [6, 6.07) is 15.7. The molecule has 23 heavy (non-hydrogen) atoms. The number of furan rings is 1. The standard InChI is InChI=1S/C19H17NO2S/c1-14-6-8-15(9-7-14)19(17-5-3-13-23-17)20-18(21)11-10-16-4-2-12-22-16/h2-13,19H,1H3,(H,20,21)/b11-10+/t19-/m1/s1. The average Bonchev–Trinajstić information content (AvgIpc) is 3.25. The van der Waals surface area contributed by atoms with Crippen molar-refractivity contribution in [2.75, 3.05) is 0 Å². The van der Waals surface area contributed by atoms with Crippen LogP contribution in [0.15, 0.2) is 70.7 Å². The third kappa shape index (κ3) is 3.99. The van der Waals surface area contributed by atoms with Crippen molar-refractivity contribution >= 4 is 23.3 Å². The molecule has 2 aromatic heterocycles. The van der Waals surface area contributed by atoms with Gasteiger partial charge in [-0.3, -0.25) is 4.79 Å². The molecule has 0 saturated heterocycles. The molecule has 0 aliphatic rings. The van der Waals surface area contributed by atoms with Crippen molar-refractivity contribution in [3.8, 4) is 0 Å². The van der Waals surface area contributed by atoms with Crippen LogP contribution in [0.25, 0.3) is 6.08 Å². The summed E-state index contributed by atoms with van der Waals surface area (Å²) in [4.78, 5) is 13.4. The third-order valence-corrected chi connectivity index (χ3v) is 4.40. The fourth-order valence-corrected chi connectivity index (χ4v) is 3.07. The molecule has 1 aromatic carbocycles. The lowest BCUT2D eigenvalue weighted by Gasteiger charge is -2.17. The van der Waals surface area contributed by atoms with Crippen molar-refractivity contribution in [3.63, 3.8) is 0 Å². The number of carbonyl (C=O) groups excluding carboxylic acids is 1. The second-order valence-electron chi connectivity index (χ2n) is 5.22. The Hall–Kier alpha value is -2.59. The predicted molar refractivity (Wildman–Crippen MR) is 93.2 cm³/mol. The van der Waals surface area contributed by atoms with Crippen molar-refractivity contribution in [1.82, 2.24) is 5.32 Å². The van der Waals surface area contributed by atoms with Crippen LogP contribution in [-0.2, 0) is 4.79 Å². The number of rotatable bonds is 5. The van der Waals surface area contributed by atoms with Crippen molar-refractivity contribution in [2.45, 2.75) is 13.0 Å². The van der Waals surface area contributed by atoms with E-state index in [0.717, 1.165) is 10.4 Å². The number of aryl methyl sites for hydroxylation is 1. The van der Waals surface area contributed by atoms with Gasteiger partial charge in [-0.25, -0.2) is 0 Å². The average molecular weight is 323 g/mol. The normalized spacial score (nSPS) is 12.4. The van der Waals surface area contributed by atoms with Crippen LogP contribution in [0.2, 0.25) is 0 Å². The Morgan fingerprint density at radius 3 is 2.65 bits per heavy atom. The van der Waals surface area contributed by atoms with Gasteiger partial charge in [-0.15, -0.1) is 11.3 Å². The van der Waals surface area contributed by atoms with Crippen LogP contribution in [0.3, 0.4) is 0 Å². The molecular weight excluding hydrogens is 306 g/mol. The summed E-state index contributed by atoms with van der Waals surface area (Å²) in [5.41, 5.74) is 2.26. The fourth-order valence-electron chi connectivity index (χ4n) is 2.27. The highest BCUT2D eigenvalue weighted by molar-refractivity contribution is 7.10. The van der Waals surface area contributed by atoms with E-state index < -0.39 is 0 Å². The van der Waals surface area contributed by atoms with Crippen LogP contribution in [0.1, 0.15) is 27.8 Å². The fraction of sp³-hybridized carbons (Fsp3) is 0.105. The van der Waals surface area contributed by atoms with E-state index in [0.29, 0.717) is 5.76 Å². The zero-order valence-electron chi connectivity index (χ0n) is 12.7. The molecular formula is C19H17NO2S. The maximum Gasteiger partial charge on any atom is 0.244 e. The minimum atomic E-state index is -0.152.